The molecule has 5 nitrogen and oxygen atoms in total. The third-order valence-corrected chi connectivity index (χ3v) is 4.81. The molecular formula is C20H21ClN2O3. The van der Waals surface area contributed by atoms with E-state index in [0.717, 1.165) is 18.5 Å². The summed E-state index contributed by atoms with van der Waals surface area (Å²) in [5.74, 6) is 0.0107. The van der Waals surface area contributed by atoms with Crippen molar-refractivity contribution in [2.45, 2.75) is 26.8 Å². The van der Waals surface area contributed by atoms with Crippen LogP contribution in [-0.2, 0) is 13.0 Å². The van der Waals surface area contributed by atoms with Crippen molar-refractivity contribution in [3.8, 4) is 5.75 Å². The fourth-order valence-corrected chi connectivity index (χ4v) is 3.34. The first-order chi connectivity index (χ1) is 12.5. The first kappa shape index (κ1) is 18.4. The van der Waals surface area contributed by atoms with Crippen LogP contribution >= 0.6 is 11.6 Å². The number of anilines is 1. The van der Waals surface area contributed by atoms with Gasteiger partial charge in [-0.15, -0.1) is 0 Å². The van der Waals surface area contributed by atoms with Gasteiger partial charge in [-0.1, -0.05) is 17.7 Å². The number of Topliss-reactive ketones (excluding diaryl/α,β-unsaturated/α-hetero) is 1. The Morgan fingerprint density at radius 1 is 1.27 bits per heavy atom. The molecule has 6 heteroatoms. The minimum atomic E-state index is -0.318. The Labute approximate surface area is 157 Å². The molecule has 1 aliphatic heterocycles. The predicted octanol–water partition coefficient (Wildman–Crippen LogP) is 3.84. The van der Waals surface area contributed by atoms with E-state index in [9.17, 15) is 9.59 Å². The standard InChI is InChI=1S/C20H21ClN2O3/c1-3-26-18-7-5-14(10-15(18)12(2)24)20(25)23-17-6-4-13-8-9-22-11-16(13)19(17)21/h4-7,10,22H,3,8-9,11H2,1-2H3,(H,23,25). The topological polar surface area (TPSA) is 67.4 Å². The van der Waals surface area contributed by atoms with Crippen LogP contribution in [0.25, 0.3) is 0 Å². The van der Waals surface area contributed by atoms with Crippen LogP contribution in [0.15, 0.2) is 30.3 Å². The average Bonchev–Trinajstić information content (AvgIpc) is 2.64. The number of hydrogen-bond acceptors (Lipinski definition) is 4. The number of amides is 1. The summed E-state index contributed by atoms with van der Waals surface area (Å²) in [7, 11) is 0. The monoisotopic (exact) mass is 372 g/mol. The van der Waals surface area contributed by atoms with E-state index in [1.165, 1.54) is 12.5 Å². The number of nitrogens with one attached hydrogen (secondary N) is 2. The molecule has 0 atom stereocenters. The maximum Gasteiger partial charge on any atom is 0.255 e. The fraction of sp³-hybridized carbons (Fsp3) is 0.300. The van der Waals surface area contributed by atoms with Crippen molar-refractivity contribution in [2.24, 2.45) is 0 Å². The molecular weight excluding hydrogens is 352 g/mol. The SMILES string of the molecule is CCOc1ccc(C(=O)Nc2ccc3c(c2Cl)CNCC3)cc1C(C)=O. The number of halogens is 1. The zero-order valence-corrected chi connectivity index (χ0v) is 15.6. The predicted molar refractivity (Wildman–Crippen MR) is 102 cm³/mol. The van der Waals surface area contributed by atoms with Crippen LogP contribution in [0.2, 0.25) is 5.02 Å². The average molecular weight is 373 g/mol. The Morgan fingerprint density at radius 2 is 2.08 bits per heavy atom. The second kappa shape index (κ2) is 7.89. The summed E-state index contributed by atoms with van der Waals surface area (Å²) in [6.07, 6.45) is 0.921. The van der Waals surface area contributed by atoms with Crippen LogP contribution in [0.5, 0.6) is 5.75 Å². The number of benzene rings is 2. The number of rotatable bonds is 5. The van der Waals surface area contributed by atoms with Gasteiger partial charge in [0.25, 0.3) is 5.91 Å². The van der Waals surface area contributed by atoms with Crippen molar-refractivity contribution in [1.82, 2.24) is 5.32 Å². The molecule has 0 saturated heterocycles. The lowest BCUT2D eigenvalue weighted by molar-refractivity contribution is 0.101. The second-order valence-corrected chi connectivity index (χ2v) is 6.52. The quantitative estimate of drug-likeness (QED) is 0.782. The van der Waals surface area contributed by atoms with E-state index < -0.39 is 0 Å². The molecule has 3 rings (SSSR count). The Balaban J connectivity index is 1.86. The van der Waals surface area contributed by atoms with E-state index in [1.807, 2.05) is 19.1 Å². The first-order valence-corrected chi connectivity index (χ1v) is 8.99. The molecule has 2 aromatic rings. The van der Waals surface area contributed by atoms with Crippen molar-refractivity contribution in [2.75, 3.05) is 18.5 Å². The molecule has 2 aromatic carbocycles. The molecule has 1 aliphatic rings. The van der Waals surface area contributed by atoms with E-state index >= 15 is 0 Å². The van der Waals surface area contributed by atoms with Crippen molar-refractivity contribution in [1.29, 1.82) is 0 Å². The Hall–Kier alpha value is -2.37. The lowest BCUT2D eigenvalue weighted by Gasteiger charge is -2.20. The van der Waals surface area contributed by atoms with Crippen LogP contribution in [0.1, 0.15) is 45.7 Å². The third-order valence-electron chi connectivity index (χ3n) is 4.38. The normalized spacial score (nSPS) is 13.0. The van der Waals surface area contributed by atoms with E-state index in [2.05, 4.69) is 10.6 Å². The third kappa shape index (κ3) is 3.74. The van der Waals surface area contributed by atoms with E-state index in [1.54, 1.807) is 18.2 Å². The molecule has 1 amide bonds. The molecule has 0 aliphatic carbocycles. The maximum atomic E-state index is 12.6. The van der Waals surface area contributed by atoms with Gasteiger partial charge >= 0.3 is 0 Å². The van der Waals surface area contributed by atoms with Crippen molar-refractivity contribution in [3.63, 3.8) is 0 Å². The van der Waals surface area contributed by atoms with E-state index in [0.29, 0.717) is 40.7 Å². The van der Waals surface area contributed by atoms with Crippen molar-refractivity contribution >= 4 is 29.0 Å². The molecule has 26 heavy (non-hydrogen) atoms. The molecule has 0 saturated carbocycles. The van der Waals surface area contributed by atoms with Gasteiger partial charge in [0.2, 0.25) is 0 Å². The van der Waals surface area contributed by atoms with Gasteiger partial charge in [0.15, 0.2) is 5.78 Å². The summed E-state index contributed by atoms with van der Waals surface area (Å²) >= 11 is 6.48. The molecule has 0 aromatic heterocycles. The highest BCUT2D eigenvalue weighted by atomic mass is 35.5. The van der Waals surface area contributed by atoms with Crippen LogP contribution in [0.4, 0.5) is 5.69 Å². The number of ether oxygens (including phenoxy) is 1. The van der Waals surface area contributed by atoms with Gasteiger partial charge in [-0.2, -0.15) is 0 Å². The molecule has 136 valence electrons. The van der Waals surface area contributed by atoms with E-state index in [4.69, 9.17) is 16.3 Å². The number of hydrogen-bond donors (Lipinski definition) is 2. The summed E-state index contributed by atoms with van der Waals surface area (Å²) in [5.41, 5.74) is 3.56. The molecule has 1 heterocycles. The molecule has 0 unspecified atom stereocenters. The summed E-state index contributed by atoms with van der Waals surface area (Å²) in [5, 5.41) is 6.68. The molecule has 0 spiro atoms. The van der Waals surface area contributed by atoms with Gasteiger partial charge in [-0.05, 0) is 62.2 Å². The van der Waals surface area contributed by atoms with Crippen molar-refractivity contribution < 1.29 is 14.3 Å². The lowest BCUT2D eigenvalue weighted by Crippen LogP contribution is -2.24. The number of carbonyl (C=O) groups excluding carboxylic acids is 2. The lowest BCUT2D eigenvalue weighted by atomic mass is 10.00. The zero-order chi connectivity index (χ0) is 18.7. The minimum Gasteiger partial charge on any atom is -0.493 e. The number of carbonyl (C=O) groups is 2. The summed E-state index contributed by atoms with van der Waals surface area (Å²) in [6, 6.07) is 8.66. The Bertz CT molecular complexity index is 864. The van der Waals surface area contributed by atoms with Gasteiger partial charge in [-0.25, -0.2) is 0 Å². The maximum absolute atomic E-state index is 12.6. The van der Waals surface area contributed by atoms with Gasteiger partial charge in [0.1, 0.15) is 5.75 Å². The van der Waals surface area contributed by atoms with Gasteiger partial charge in [0.05, 0.1) is 22.9 Å². The van der Waals surface area contributed by atoms with Crippen molar-refractivity contribution in [3.05, 3.63) is 57.6 Å². The summed E-state index contributed by atoms with van der Waals surface area (Å²) in [6.45, 7) is 5.36. The largest absolute Gasteiger partial charge is 0.493 e. The minimum absolute atomic E-state index is 0.152. The summed E-state index contributed by atoms with van der Waals surface area (Å²) < 4.78 is 5.45. The van der Waals surface area contributed by atoms with E-state index in [-0.39, 0.29) is 11.7 Å². The highest BCUT2D eigenvalue weighted by Crippen LogP contribution is 2.31. The zero-order valence-electron chi connectivity index (χ0n) is 14.8. The number of ketones is 1. The number of fused-ring (bicyclic) bond motifs is 1. The first-order valence-electron chi connectivity index (χ1n) is 8.61. The highest BCUT2D eigenvalue weighted by molar-refractivity contribution is 6.34. The molecule has 0 fully saturated rings. The van der Waals surface area contributed by atoms with Crippen LogP contribution in [0, 0.1) is 0 Å². The fourth-order valence-electron chi connectivity index (χ4n) is 3.04. The van der Waals surface area contributed by atoms with Gasteiger partial charge < -0.3 is 15.4 Å². The summed E-state index contributed by atoms with van der Waals surface area (Å²) in [4.78, 5) is 24.5. The van der Waals surface area contributed by atoms with Crippen LogP contribution < -0.4 is 15.4 Å². The van der Waals surface area contributed by atoms with Gasteiger partial charge in [-0.3, -0.25) is 9.59 Å². The molecule has 0 bridgehead atoms. The highest BCUT2D eigenvalue weighted by Gasteiger charge is 2.18. The smallest absolute Gasteiger partial charge is 0.255 e. The van der Waals surface area contributed by atoms with Crippen LogP contribution in [0.3, 0.4) is 0 Å². The Kier molecular flexibility index (Phi) is 5.59. The molecule has 0 radical (unpaired) electrons. The van der Waals surface area contributed by atoms with Crippen LogP contribution in [-0.4, -0.2) is 24.8 Å². The second-order valence-electron chi connectivity index (χ2n) is 6.15. The molecule has 2 N–H and O–H groups in total. The van der Waals surface area contributed by atoms with Gasteiger partial charge in [0, 0.05) is 12.1 Å². The Morgan fingerprint density at radius 3 is 2.81 bits per heavy atom.